The van der Waals surface area contributed by atoms with Crippen LogP contribution in [-0.2, 0) is 0 Å². The van der Waals surface area contributed by atoms with Crippen LogP contribution in [0.25, 0.3) is 0 Å². The van der Waals surface area contributed by atoms with Gasteiger partial charge in [-0.25, -0.2) is 0 Å². The normalized spacial score (nSPS) is 11.6. The lowest BCUT2D eigenvalue weighted by Crippen LogP contribution is -2.39. The highest BCUT2D eigenvalue weighted by Gasteiger charge is 2.04. The lowest BCUT2D eigenvalue weighted by molar-refractivity contribution is 0.239. The van der Waals surface area contributed by atoms with Gasteiger partial charge in [0.05, 0.1) is 6.61 Å². The minimum absolute atomic E-state index is 0.0101. The Morgan fingerprint density at radius 2 is 2.18 bits per heavy atom. The smallest absolute Gasteiger partial charge is 0.233 e. The number of nitrogens with zero attached hydrogens (tertiary/aromatic N) is 2. The summed E-state index contributed by atoms with van der Waals surface area (Å²) in [5.74, 6) is 0.0564. The summed E-state index contributed by atoms with van der Waals surface area (Å²) < 4.78 is 0. The Bertz CT molecular complexity index is 121. The highest BCUT2D eigenvalue weighted by molar-refractivity contribution is 5.77. The summed E-state index contributed by atoms with van der Waals surface area (Å²) in [5.41, 5.74) is 5.30. The molecule has 0 radical (unpaired) electrons. The van der Waals surface area contributed by atoms with Gasteiger partial charge in [0, 0.05) is 13.1 Å². The van der Waals surface area contributed by atoms with Gasteiger partial charge in [0.1, 0.15) is 0 Å². The maximum atomic E-state index is 8.57. The molecule has 0 aliphatic carbocycles. The van der Waals surface area contributed by atoms with E-state index in [0.717, 1.165) is 6.42 Å². The van der Waals surface area contributed by atoms with Gasteiger partial charge in [0.15, 0.2) is 0 Å². The summed E-state index contributed by atoms with van der Waals surface area (Å²) in [4.78, 5) is 1.61. The van der Waals surface area contributed by atoms with E-state index in [1.54, 1.807) is 4.90 Å². The van der Waals surface area contributed by atoms with Gasteiger partial charge < -0.3 is 20.9 Å². The van der Waals surface area contributed by atoms with Gasteiger partial charge in [0.2, 0.25) is 5.96 Å². The maximum absolute atomic E-state index is 8.57. The van der Waals surface area contributed by atoms with E-state index < -0.39 is 0 Å². The zero-order valence-electron chi connectivity index (χ0n) is 6.69. The van der Waals surface area contributed by atoms with Crippen LogP contribution in [0.15, 0.2) is 5.16 Å². The molecular formula is C6H15N3O2. The van der Waals surface area contributed by atoms with Crippen molar-refractivity contribution in [2.45, 2.75) is 13.3 Å². The highest BCUT2D eigenvalue weighted by Crippen LogP contribution is 1.89. The van der Waals surface area contributed by atoms with Gasteiger partial charge in [-0.15, -0.1) is 0 Å². The summed E-state index contributed by atoms with van der Waals surface area (Å²) in [6.45, 7) is 3.09. The van der Waals surface area contributed by atoms with Gasteiger partial charge >= 0.3 is 0 Å². The molecule has 0 aliphatic rings. The zero-order valence-corrected chi connectivity index (χ0v) is 6.69. The molecule has 0 fully saturated rings. The van der Waals surface area contributed by atoms with Crippen molar-refractivity contribution in [2.75, 3.05) is 19.7 Å². The summed E-state index contributed by atoms with van der Waals surface area (Å²) >= 11 is 0. The lowest BCUT2D eigenvalue weighted by Gasteiger charge is -2.20. The number of hydrogen-bond acceptors (Lipinski definition) is 3. The highest BCUT2D eigenvalue weighted by atomic mass is 16.4. The lowest BCUT2D eigenvalue weighted by atomic mass is 10.4. The van der Waals surface area contributed by atoms with Crippen LogP contribution in [0.1, 0.15) is 13.3 Å². The second kappa shape index (κ2) is 5.79. The molecule has 0 atom stereocenters. The molecule has 5 nitrogen and oxygen atoms in total. The first-order valence-electron chi connectivity index (χ1n) is 3.59. The molecule has 0 aromatic rings. The molecule has 0 bridgehead atoms. The zero-order chi connectivity index (χ0) is 8.69. The van der Waals surface area contributed by atoms with Crippen LogP contribution >= 0.6 is 0 Å². The number of aliphatic hydroxyl groups excluding tert-OH is 1. The van der Waals surface area contributed by atoms with Crippen LogP contribution in [0.2, 0.25) is 0 Å². The summed E-state index contributed by atoms with van der Waals surface area (Å²) in [6.07, 6.45) is 0.899. The van der Waals surface area contributed by atoms with Crippen molar-refractivity contribution < 1.29 is 10.3 Å². The van der Waals surface area contributed by atoms with Gasteiger partial charge in [-0.3, -0.25) is 0 Å². The second-order valence-electron chi connectivity index (χ2n) is 2.17. The fraction of sp³-hybridized carbons (Fsp3) is 0.833. The second-order valence-corrected chi connectivity index (χ2v) is 2.17. The molecule has 0 aromatic carbocycles. The quantitative estimate of drug-likeness (QED) is 0.222. The van der Waals surface area contributed by atoms with E-state index in [1.807, 2.05) is 6.92 Å². The molecule has 0 spiro atoms. The topological polar surface area (TPSA) is 82.1 Å². The minimum atomic E-state index is 0.0101. The Kier molecular flexibility index (Phi) is 5.28. The van der Waals surface area contributed by atoms with E-state index >= 15 is 0 Å². The first-order valence-corrected chi connectivity index (χ1v) is 3.59. The van der Waals surface area contributed by atoms with E-state index in [0.29, 0.717) is 13.1 Å². The number of nitrogens with two attached hydrogens (primary N) is 1. The molecule has 0 saturated carbocycles. The molecule has 0 saturated heterocycles. The van der Waals surface area contributed by atoms with Crippen LogP contribution in [0, 0.1) is 0 Å². The Labute approximate surface area is 66.1 Å². The third kappa shape index (κ3) is 3.67. The molecule has 66 valence electrons. The number of aliphatic hydroxyl groups is 1. The van der Waals surface area contributed by atoms with Gasteiger partial charge in [0.25, 0.3) is 0 Å². The summed E-state index contributed by atoms with van der Waals surface area (Å²) in [6, 6.07) is 0. The van der Waals surface area contributed by atoms with E-state index in [9.17, 15) is 0 Å². The third-order valence-corrected chi connectivity index (χ3v) is 1.29. The summed E-state index contributed by atoms with van der Waals surface area (Å²) in [7, 11) is 0. The van der Waals surface area contributed by atoms with Crippen LogP contribution in [0.5, 0.6) is 0 Å². The number of guanidine groups is 1. The number of oxime groups is 1. The molecule has 0 unspecified atom stereocenters. The molecule has 0 aliphatic heterocycles. The standard InChI is InChI=1S/C6H15N3O2/c1-2-3-9(4-5-10)6(7)8-11/h10-11H,2-5H2,1H3,(H2,7,8). The summed E-state index contributed by atoms with van der Waals surface area (Å²) in [5, 5.41) is 19.7. The van der Waals surface area contributed by atoms with Crippen LogP contribution in [0.4, 0.5) is 0 Å². The molecule has 4 N–H and O–H groups in total. The van der Waals surface area contributed by atoms with E-state index in [4.69, 9.17) is 16.0 Å². The predicted molar refractivity (Wildman–Crippen MR) is 42.4 cm³/mol. The fourth-order valence-corrected chi connectivity index (χ4v) is 0.795. The van der Waals surface area contributed by atoms with Crippen LogP contribution in [-0.4, -0.2) is 40.9 Å². The molecular weight excluding hydrogens is 146 g/mol. The van der Waals surface area contributed by atoms with Crippen LogP contribution < -0.4 is 5.73 Å². The largest absolute Gasteiger partial charge is 0.408 e. The van der Waals surface area contributed by atoms with Gasteiger partial charge in [-0.1, -0.05) is 12.1 Å². The monoisotopic (exact) mass is 161 g/mol. The van der Waals surface area contributed by atoms with Crippen molar-refractivity contribution in [3.63, 3.8) is 0 Å². The first-order chi connectivity index (χ1) is 5.26. The Morgan fingerprint density at radius 1 is 1.55 bits per heavy atom. The molecule has 0 heterocycles. The Hall–Kier alpha value is -0.970. The maximum Gasteiger partial charge on any atom is 0.233 e. The molecule has 5 heteroatoms. The Morgan fingerprint density at radius 3 is 2.55 bits per heavy atom. The van der Waals surface area contributed by atoms with Crippen molar-refractivity contribution >= 4 is 5.96 Å². The SMILES string of the molecule is CCCN(CCO)C(N)=NO. The van der Waals surface area contributed by atoms with Crippen molar-refractivity contribution in [2.24, 2.45) is 10.9 Å². The molecule has 0 aromatic heterocycles. The van der Waals surface area contributed by atoms with Crippen molar-refractivity contribution in [3.05, 3.63) is 0 Å². The Balaban J connectivity index is 3.87. The minimum Gasteiger partial charge on any atom is -0.408 e. The predicted octanol–water partition coefficient (Wildman–Crippen LogP) is -0.605. The van der Waals surface area contributed by atoms with Crippen LogP contribution in [0.3, 0.4) is 0 Å². The molecule has 11 heavy (non-hydrogen) atoms. The average molecular weight is 161 g/mol. The molecule has 0 rings (SSSR count). The number of hydrogen-bond donors (Lipinski definition) is 3. The number of rotatable bonds is 4. The third-order valence-electron chi connectivity index (χ3n) is 1.29. The van der Waals surface area contributed by atoms with Crippen molar-refractivity contribution in [1.82, 2.24) is 4.90 Å². The molecule has 0 amide bonds. The van der Waals surface area contributed by atoms with Gasteiger partial charge in [-0.05, 0) is 6.42 Å². The van der Waals surface area contributed by atoms with Gasteiger partial charge in [-0.2, -0.15) is 0 Å². The van der Waals surface area contributed by atoms with E-state index in [1.165, 1.54) is 0 Å². The fourth-order valence-electron chi connectivity index (χ4n) is 0.795. The first kappa shape index (κ1) is 10.0. The van der Waals surface area contributed by atoms with E-state index in [2.05, 4.69) is 5.16 Å². The van der Waals surface area contributed by atoms with Crippen molar-refractivity contribution in [3.8, 4) is 0 Å². The van der Waals surface area contributed by atoms with Crippen molar-refractivity contribution in [1.29, 1.82) is 0 Å². The van der Waals surface area contributed by atoms with E-state index in [-0.39, 0.29) is 12.6 Å². The average Bonchev–Trinajstić information content (AvgIpc) is 2.03.